The zero-order valence-corrected chi connectivity index (χ0v) is 9.98. The van der Waals surface area contributed by atoms with Gasteiger partial charge in [-0.3, -0.25) is 0 Å². The monoisotopic (exact) mass is 226 g/mol. The molecule has 0 spiro atoms. The highest BCUT2D eigenvalue weighted by molar-refractivity contribution is 7.99. The Balaban J connectivity index is 1.86. The molecule has 2 rings (SSSR count). The molecule has 4 heteroatoms. The summed E-state index contributed by atoms with van der Waals surface area (Å²) >= 11 is 2.06. The molecule has 0 saturated carbocycles. The maximum atomic E-state index is 5.64. The van der Waals surface area contributed by atoms with Crippen molar-refractivity contribution in [3.05, 3.63) is 17.8 Å². The largest absolute Gasteiger partial charge is 0.444 e. The van der Waals surface area contributed by atoms with Crippen molar-refractivity contribution in [1.29, 1.82) is 0 Å². The molecule has 1 saturated heterocycles. The van der Waals surface area contributed by atoms with Gasteiger partial charge >= 0.3 is 0 Å². The van der Waals surface area contributed by atoms with Crippen LogP contribution in [0.15, 0.2) is 10.6 Å². The molecule has 1 atom stereocenters. The van der Waals surface area contributed by atoms with E-state index in [1.54, 1.807) is 0 Å². The molecule has 0 aliphatic carbocycles. The Labute approximate surface area is 95.0 Å². The first kappa shape index (κ1) is 11.0. The third-order valence-electron chi connectivity index (χ3n) is 2.67. The summed E-state index contributed by atoms with van der Waals surface area (Å²) in [4.78, 5) is 4.31. The van der Waals surface area contributed by atoms with Crippen molar-refractivity contribution in [3.8, 4) is 0 Å². The van der Waals surface area contributed by atoms with Gasteiger partial charge in [-0.25, -0.2) is 4.98 Å². The van der Waals surface area contributed by atoms with Gasteiger partial charge in [-0.2, -0.15) is 11.8 Å². The lowest BCUT2D eigenvalue weighted by Crippen LogP contribution is -2.13. The van der Waals surface area contributed by atoms with E-state index >= 15 is 0 Å². The van der Waals surface area contributed by atoms with Gasteiger partial charge in [0, 0.05) is 6.42 Å². The number of hydrogen-bond acceptors (Lipinski definition) is 4. The van der Waals surface area contributed by atoms with Crippen molar-refractivity contribution in [2.75, 3.05) is 18.6 Å². The van der Waals surface area contributed by atoms with Crippen LogP contribution in [0.4, 0.5) is 0 Å². The van der Waals surface area contributed by atoms with Crippen molar-refractivity contribution in [1.82, 2.24) is 10.3 Å². The SMILES string of the molecule is CNCc1cnc(CC2CCCSC2)o1. The minimum atomic E-state index is 0.768. The predicted molar refractivity (Wildman–Crippen MR) is 63.0 cm³/mol. The standard InChI is InChI=1S/C11H18N2OS/c1-12-6-10-7-13-11(14-10)5-9-3-2-4-15-8-9/h7,9,12H,2-6,8H2,1H3. The Morgan fingerprint density at radius 1 is 1.67 bits per heavy atom. The number of hydrogen-bond donors (Lipinski definition) is 1. The molecule has 1 aliphatic heterocycles. The van der Waals surface area contributed by atoms with Crippen molar-refractivity contribution < 1.29 is 4.42 Å². The van der Waals surface area contributed by atoms with E-state index < -0.39 is 0 Å². The molecule has 0 amide bonds. The quantitative estimate of drug-likeness (QED) is 0.853. The highest BCUT2D eigenvalue weighted by Gasteiger charge is 2.16. The molecule has 84 valence electrons. The number of thioether (sulfide) groups is 1. The van der Waals surface area contributed by atoms with Gasteiger partial charge in [-0.1, -0.05) is 0 Å². The predicted octanol–water partition coefficient (Wildman–Crippen LogP) is 2.08. The second-order valence-electron chi connectivity index (χ2n) is 4.04. The molecule has 15 heavy (non-hydrogen) atoms. The summed E-state index contributed by atoms with van der Waals surface area (Å²) < 4.78 is 5.64. The van der Waals surface area contributed by atoms with Crippen molar-refractivity contribution in [3.63, 3.8) is 0 Å². The molecule has 1 unspecified atom stereocenters. The van der Waals surface area contributed by atoms with Crippen LogP contribution in [0.5, 0.6) is 0 Å². The fourth-order valence-corrected chi connectivity index (χ4v) is 3.07. The maximum absolute atomic E-state index is 5.64. The smallest absolute Gasteiger partial charge is 0.194 e. The summed E-state index contributed by atoms with van der Waals surface area (Å²) in [6.45, 7) is 0.770. The van der Waals surface area contributed by atoms with Crippen molar-refractivity contribution in [2.24, 2.45) is 5.92 Å². The van der Waals surface area contributed by atoms with Gasteiger partial charge < -0.3 is 9.73 Å². The second kappa shape index (κ2) is 5.56. The van der Waals surface area contributed by atoms with Crippen LogP contribution in [0.3, 0.4) is 0 Å². The fourth-order valence-electron chi connectivity index (χ4n) is 1.91. The lowest BCUT2D eigenvalue weighted by atomic mass is 10.0. The zero-order valence-electron chi connectivity index (χ0n) is 9.16. The molecular weight excluding hydrogens is 208 g/mol. The minimum absolute atomic E-state index is 0.768. The van der Waals surface area contributed by atoms with E-state index in [1.165, 1.54) is 24.3 Å². The van der Waals surface area contributed by atoms with Gasteiger partial charge in [0.25, 0.3) is 0 Å². The molecule has 0 radical (unpaired) electrons. The van der Waals surface area contributed by atoms with Crippen LogP contribution in [0.25, 0.3) is 0 Å². The van der Waals surface area contributed by atoms with E-state index in [0.717, 1.165) is 30.5 Å². The number of aromatic nitrogens is 1. The second-order valence-corrected chi connectivity index (χ2v) is 5.19. The topological polar surface area (TPSA) is 38.1 Å². The van der Waals surface area contributed by atoms with Gasteiger partial charge in [0.2, 0.25) is 0 Å². The number of nitrogens with zero attached hydrogens (tertiary/aromatic N) is 1. The fraction of sp³-hybridized carbons (Fsp3) is 0.727. The van der Waals surface area contributed by atoms with Crippen LogP contribution in [-0.2, 0) is 13.0 Å². The molecule has 1 aromatic rings. The molecule has 3 nitrogen and oxygen atoms in total. The van der Waals surface area contributed by atoms with Gasteiger partial charge in [-0.05, 0) is 37.3 Å². The average molecular weight is 226 g/mol. The summed E-state index contributed by atoms with van der Waals surface area (Å²) in [5.74, 6) is 5.21. The minimum Gasteiger partial charge on any atom is -0.444 e. The summed E-state index contributed by atoms with van der Waals surface area (Å²) in [6.07, 6.45) is 5.52. The molecule has 0 bridgehead atoms. The van der Waals surface area contributed by atoms with E-state index in [9.17, 15) is 0 Å². The maximum Gasteiger partial charge on any atom is 0.194 e. The highest BCUT2D eigenvalue weighted by Crippen LogP contribution is 2.25. The Bertz CT molecular complexity index is 295. The van der Waals surface area contributed by atoms with Gasteiger partial charge in [0.05, 0.1) is 12.7 Å². The number of nitrogens with one attached hydrogen (secondary N) is 1. The summed E-state index contributed by atoms with van der Waals surface area (Å²) in [6, 6.07) is 0. The average Bonchev–Trinajstić information content (AvgIpc) is 2.68. The normalized spacial score (nSPS) is 21.8. The summed E-state index contributed by atoms with van der Waals surface area (Å²) in [5.41, 5.74) is 0. The van der Waals surface area contributed by atoms with Crippen LogP contribution in [0.1, 0.15) is 24.5 Å². The summed E-state index contributed by atoms with van der Waals surface area (Å²) in [5, 5.41) is 3.06. The molecule has 0 aromatic carbocycles. The highest BCUT2D eigenvalue weighted by atomic mass is 32.2. The lowest BCUT2D eigenvalue weighted by Gasteiger charge is -2.19. The van der Waals surface area contributed by atoms with Crippen molar-refractivity contribution >= 4 is 11.8 Å². The van der Waals surface area contributed by atoms with Gasteiger partial charge in [0.1, 0.15) is 5.76 Å². The molecule has 1 N–H and O–H groups in total. The van der Waals surface area contributed by atoms with Crippen LogP contribution in [0, 0.1) is 5.92 Å². The van der Waals surface area contributed by atoms with E-state index in [-0.39, 0.29) is 0 Å². The molecule has 1 aromatic heterocycles. The number of oxazole rings is 1. The molecule has 2 heterocycles. The first-order valence-corrected chi connectivity index (χ1v) is 6.70. The first-order valence-electron chi connectivity index (χ1n) is 5.54. The molecule has 1 fully saturated rings. The Hall–Kier alpha value is -0.480. The Kier molecular flexibility index (Phi) is 4.09. The van der Waals surface area contributed by atoms with E-state index in [0.29, 0.717) is 0 Å². The molecular formula is C11H18N2OS. The van der Waals surface area contributed by atoms with Crippen molar-refractivity contribution in [2.45, 2.75) is 25.8 Å². The lowest BCUT2D eigenvalue weighted by molar-refractivity contribution is 0.402. The van der Waals surface area contributed by atoms with Crippen LogP contribution < -0.4 is 5.32 Å². The van der Waals surface area contributed by atoms with E-state index in [4.69, 9.17) is 4.42 Å². The summed E-state index contributed by atoms with van der Waals surface area (Å²) in [7, 11) is 1.92. The van der Waals surface area contributed by atoms with Crippen LogP contribution >= 0.6 is 11.8 Å². The van der Waals surface area contributed by atoms with Gasteiger partial charge in [-0.15, -0.1) is 0 Å². The third-order valence-corrected chi connectivity index (χ3v) is 3.95. The van der Waals surface area contributed by atoms with Crippen LogP contribution in [-0.4, -0.2) is 23.5 Å². The van der Waals surface area contributed by atoms with E-state index in [1.807, 2.05) is 13.2 Å². The molecule has 1 aliphatic rings. The number of rotatable bonds is 4. The Morgan fingerprint density at radius 3 is 3.33 bits per heavy atom. The zero-order chi connectivity index (χ0) is 10.5. The first-order chi connectivity index (χ1) is 7.38. The van der Waals surface area contributed by atoms with Crippen LogP contribution in [0.2, 0.25) is 0 Å². The van der Waals surface area contributed by atoms with Gasteiger partial charge in [0.15, 0.2) is 5.89 Å². The Morgan fingerprint density at radius 2 is 2.60 bits per heavy atom. The third kappa shape index (κ3) is 3.24. The van der Waals surface area contributed by atoms with E-state index in [2.05, 4.69) is 22.1 Å².